The number of nitrogens with zero attached hydrogens (tertiary/aromatic N) is 1. The van der Waals surface area contributed by atoms with Gasteiger partial charge in [0.15, 0.2) is 0 Å². The van der Waals surface area contributed by atoms with Gasteiger partial charge in [-0.15, -0.1) is 0 Å². The first-order chi connectivity index (χ1) is 14.2. The summed E-state index contributed by atoms with van der Waals surface area (Å²) in [6.45, 7) is 4.26. The van der Waals surface area contributed by atoms with Gasteiger partial charge in [0.1, 0.15) is 0 Å². The maximum atomic E-state index is 13.7. The van der Waals surface area contributed by atoms with Crippen LogP contribution in [0.3, 0.4) is 0 Å². The van der Waals surface area contributed by atoms with Gasteiger partial charge in [0.2, 0.25) is 6.36 Å². The Balaban J connectivity index is 1.34. The SMILES string of the molecule is FC1CN[C@]2(CCCN3CCOC4CCCCC4C4CCC(CC4)OC[C@H]32)CO1. The fourth-order valence-corrected chi connectivity index (χ4v) is 6.91. The molecule has 5 nitrogen and oxygen atoms in total. The van der Waals surface area contributed by atoms with Gasteiger partial charge in [0, 0.05) is 6.54 Å². The predicted octanol–water partition coefficient (Wildman–Crippen LogP) is 3.27. The molecule has 6 aliphatic rings. The van der Waals surface area contributed by atoms with Crippen molar-refractivity contribution in [2.45, 2.75) is 94.4 Å². The van der Waals surface area contributed by atoms with Gasteiger partial charge in [-0.1, -0.05) is 12.8 Å². The molecule has 1 N–H and O–H groups in total. The second-order valence-electron chi connectivity index (χ2n) is 10.1. The van der Waals surface area contributed by atoms with Crippen molar-refractivity contribution in [2.24, 2.45) is 11.8 Å². The van der Waals surface area contributed by atoms with Gasteiger partial charge in [-0.05, 0) is 69.7 Å². The Morgan fingerprint density at radius 1 is 0.897 bits per heavy atom. The molecule has 0 aromatic rings. The highest BCUT2D eigenvalue weighted by Gasteiger charge is 2.48. The molecular formula is C23H39FN2O3. The van der Waals surface area contributed by atoms with Crippen LogP contribution in [0.25, 0.3) is 0 Å². The molecule has 29 heavy (non-hydrogen) atoms. The van der Waals surface area contributed by atoms with Crippen molar-refractivity contribution >= 4 is 0 Å². The number of rotatable bonds is 0. The standard InChI is InChI=1S/C23H39FN2O3/c24-22-14-25-23(16-29-22)10-3-11-26-12-13-27-20-5-2-1-4-19(20)17-6-8-18(9-7-17)28-15-21(23)26/h17-22,25H,1-16H2/t17?,18?,19?,20?,21-,22?,23+/m0/s1. The van der Waals surface area contributed by atoms with Gasteiger partial charge in [0.05, 0.1) is 50.2 Å². The van der Waals surface area contributed by atoms with Crippen molar-refractivity contribution in [3.05, 3.63) is 0 Å². The summed E-state index contributed by atoms with van der Waals surface area (Å²) >= 11 is 0. The first kappa shape index (κ1) is 20.6. The lowest BCUT2D eigenvalue weighted by Gasteiger charge is -2.52. The molecule has 2 saturated carbocycles. The molecule has 2 bridgehead atoms. The first-order valence-electron chi connectivity index (χ1n) is 12.2. The van der Waals surface area contributed by atoms with E-state index in [1.807, 2.05) is 0 Å². The number of piperidine rings is 1. The van der Waals surface area contributed by atoms with Gasteiger partial charge in [-0.2, -0.15) is 0 Å². The molecule has 1 spiro atoms. The van der Waals surface area contributed by atoms with Crippen molar-refractivity contribution in [3.8, 4) is 0 Å². The normalized spacial score (nSPS) is 47.5. The second-order valence-corrected chi connectivity index (χ2v) is 10.1. The molecule has 0 aromatic heterocycles. The van der Waals surface area contributed by atoms with Crippen molar-refractivity contribution in [3.63, 3.8) is 0 Å². The lowest BCUT2D eigenvalue weighted by Crippen LogP contribution is -2.71. The van der Waals surface area contributed by atoms with E-state index in [-0.39, 0.29) is 18.1 Å². The van der Waals surface area contributed by atoms with E-state index in [2.05, 4.69) is 10.2 Å². The van der Waals surface area contributed by atoms with Crippen LogP contribution in [0.5, 0.6) is 0 Å². The van der Waals surface area contributed by atoms with E-state index in [0.717, 1.165) is 51.0 Å². The molecule has 0 radical (unpaired) electrons. The van der Waals surface area contributed by atoms with E-state index < -0.39 is 6.36 Å². The van der Waals surface area contributed by atoms with Crippen LogP contribution in [0.4, 0.5) is 4.39 Å². The van der Waals surface area contributed by atoms with Crippen LogP contribution in [0.1, 0.15) is 64.2 Å². The minimum Gasteiger partial charge on any atom is -0.377 e. The minimum atomic E-state index is -1.19. The molecule has 5 atom stereocenters. The summed E-state index contributed by atoms with van der Waals surface area (Å²) in [5.41, 5.74) is -0.189. The van der Waals surface area contributed by atoms with Gasteiger partial charge >= 0.3 is 0 Å². The van der Waals surface area contributed by atoms with Crippen LogP contribution in [0.15, 0.2) is 0 Å². The second kappa shape index (κ2) is 9.07. The fraction of sp³-hybridized carbons (Fsp3) is 1.00. The zero-order chi connectivity index (χ0) is 19.7. The zero-order valence-electron chi connectivity index (χ0n) is 17.8. The Hall–Kier alpha value is -0.270. The van der Waals surface area contributed by atoms with Crippen LogP contribution < -0.4 is 5.32 Å². The number of halogens is 1. The molecule has 2 aliphatic carbocycles. The summed E-state index contributed by atoms with van der Waals surface area (Å²) in [7, 11) is 0. The Labute approximate surface area is 175 Å². The highest BCUT2D eigenvalue weighted by Crippen LogP contribution is 2.41. The number of hydrogen-bond donors (Lipinski definition) is 1. The fourth-order valence-electron chi connectivity index (χ4n) is 6.91. The molecule has 6 fully saturated rings. The number of ether oxygens (including phenoxy) is 3. The average molecular weight is 411 g/mol. The van der Waals surface area contributed by atoms with Gasteiger partial charge in [-0.25, -0.2) is 4.39 Å². The Kier molecular flexibility index (Phi) is 6.45. The van der Waals surface area contributed by atoms with E-state index in [1.54, 1.807) is 0 Å². The highest BCUT2D eigenvalue weighted by atomic mass is 19.1. The van der Waals surface area contributed by atoms with Gasteiger partial charge in [0.25, 0.3) is 0 Å². The van der Waals surface area contributed by atoms with Crippen molar-refractivity contribution in [1.29, 1.82) is 0 Å². The Morgan fingerprint density at radius 2 is 1.76 bits per heavy atom. The molecule has 4 heterocycles. The Bertz CT molecular complexity index is 534. The molecule has 6 rings (SSSR count). The van der Waals surface area contributed by atoms with Crippen LogP contribution in [-0.2, 0) is 14.2 Å². The smallest absolute Gasteiger partial charge is 0.211 e. The summed E-state index contributed by atoms with van der Waals surface area (Å²) in [5.74, 6) is 1.58. The van der Waals surface area contributed by atoms with E-state index in [0.29, 0.717) is 18.8 Å². The maximum Gasteiger partial charge on any atom is 0.211 e. The summed E-state index contributed by atoms with van der Waals surface area (Å²) in [6.07, 6.45) is 12.0. The summed E-state index contributed by atoms with van der Waals surface area (Å²) < 4.78 is 32.3. The minimum absolute atomic E-state index is 0.189. The van der Waals surface area contributed by atoms with Crippen molar-refractivity contribution < 1.29 is 18.6 Å². The lowest BCUT2D eigenvalue weighted by atomic mass is 9.71. The third-order valence-corrected chi connectivity index (χ3v) is 8.56. The number of morpholine rings is 1. The first-order valence-corrected chi connectivity index (χ1v) is 12.2. The molecule has 166 valence electrons. The monoisotopic (exact) mass is 410 g/mol. The summed E-state index contributed by atoms with van der Waals surface area (Å²) in [6, 6.07) is 0.230. The van der Waals surface area contributed by atoms with Crippen LogP contribution in [0, 0.1) is 11.8 Å². The van der Waals surface area contributed by atoms with Gasteiger partial charge < -0.3 is 19.5 Å². The zero-order valence-corrected chi connectivity index (χ0v) is 17.8. The molecule has 0 amide bonds. The molecule has 6 heteroatoms. The number of hydrogen-bond acceptors (Lipinski definition) is 5. The third kappa shape index (κ3) is 4.38. The third-order valence-electron chi connectivity index (χ3n) is 8.56. The number of fused-ring (bicyclic) bond motifs is 5. The van der Waals surface area contributed by atoms with Crippen molar-refractivity contribution in [1.82, 2.24) is 10.2 Å². The average Bonchev–Trinajstić information content (AvgIpc) is 2.78. The largest absolute Gasteiger partial charge is 0.377 e. The van der Waals surface area contributed by atoms with E-state index in [4.69, 9.17) is 14.2 Å². The molecule has 4 saturated heterocycles. The summed E-state index contributed by atoms with van der Waals surface area (Å²) in [5, 5.41) is 3.53. The number of nitrogens with one attached hydrogen (secondary N) is 1. The number of alkyl halides is 1. The maximum absolute atomic E-state index is 13.7. The van der Waals surface area contributed by atoms with E-state index in [1.165, 1.54) is 51.4 Å². The van der Waals surface area contributed by atoms with E-state index in [9.17, 15) is 4.39 Å². The summed E-state index contributed by atoms with van der Waals surface area (Å²) in [4.78, 5) is 2.54. The quantitative estimate of drug-likeness (QED) is 0.664. The van der Waals surface area contributed by atoms with Crippen molar-refractivity contribution in [2.75, 3.05) is 39.5 Å². The molecule has 4 aliphatic heterocycles. The van der Waals surface area contributed by atoms with Crippen LogP contribution in [-0.4, -0.2) is 74.5 Å². The van der Waals surface area contributed by atoms with Gasteiger partial charge in [-0.3, -0.25) is 4.90 Å². The van der Waals surface area contributed by atoms with Crippen LogP contribution in [0.2, 0.25) is 0 Å². The highest BCUT2D eigenvalue weighted by molar-refractivity contribution is 5.05. The molecule has 3 unspecified atom stereocenters. The molecular weight excluding hydrogens is 371 g/mol. The predicted molar refractivity (Wildman–Crippen MR) is 110 cm³/mol. The molecule has 0 aromatic carbocycles. The van der Waals surface area contributed by atoms with Crippen LogP contribution >= 0.6 is 0 Å². The lowest BCUT2D eigenvalue weighted by molar-refractivity contribution is -0.144. The van der Waals surface area contributed by atoms with E-state index >= 15 is 0 Å². The Morgan fingerprint density at radius 3 is 2.59 bits per heavy atom. The topological polar surface area (TPSA) is 43.0 Å².